The van der Waals surface area contributed by atoms with Gasteiger partial charge in [0.2, 0.25) is 0 Å². The third kappa shape index (κ3) is 5.49. The minimum Gasteiger partial charge on any atom is -0.481 e. The summed E-state index contributed by atoms with van der Waals surface area (Å²) < 4.78 is 11.2. The number of aromatic nitrogens is 2. The molecule has 0 spiro atoms. The fraction of sp³-hybridized carbons (Fsp3) is 0.556. The van der Waals surface area contributed by atoms with Gasteiger partial charge in [0.05, 0.1) is 0 Å². The van der Waals surface area contributed by atoms with E-state index in [1.165, 1.54) is 5.56 Å². The third-order valence-electron chi connectivity index (χ3n) is 3.85. The Morgan fingerprint density at radius 1 is 1.17 bits per heavy atom. The zero-order valence-electron chi connectivity index (χ0n) is 15.3. The molecule has 0 bridgehead atoms. The molecule has 2 rings (SSSR count). The van der Waals surface area contributed by atoms with Crippen molar-refractivity contribution < 1.29 is 9.26 Å². The molecular weight excluding hydrogens is 326 g/mol. The number of nitrogens with one attached hydrogen (secondary N) is 1. The van der Waals surface area contributed by atoms with Gasteiger partial charge in [0.1, 0.15) is 5.75 Å². The lowest BCUT2D eigenvalue weighted by Gasteiger charge is -2.19. The van der Waals surface area contributed by atoms with Gasteiger partial charge in [-0.3, -0.25) is 0 Å². The van der Waals surface area contributed by atoms with Crippen molar-refractivity contribution in [3.05, 3.63) is 41.5 Å². The van der Waals surface area contributed by atoms with Gasteiger partial charge in [-0.15, -0.1) is 12.4 Å². The van der Waals surface area contributed by atoms with Gasteiger partial charge >= 0.3 is 0 Å². The smallest absolute Gasteiger partial charge is 0.267 e. The fourth-order valence-corrected chi connectivity index (χ4v) is 2.18. The van der Waals surface area contributed by atoms with Crippen LogP contribution in [-0.2, 0) is 11.8 Å². The molecule has 24 heavy (non-hydrogen) atoms. The molecule has 1 aromatic heterocycles. The molecular formula is C18H28ClN3O2. The number of benzene rings is 1. The van der Waals surface area contributed by atoms with E-state index in [-0.39, 0.29) is 23.9 Å². The van der Waals surface area contributed by atoms with Gasteiger partial charge < -0.3 is 14.6 Å². The molecule has 2 aromatic rings. The maximum absolute atomic E-state index is 5.90. The Morgan fingerprint density at radius 3 is 2.33 bits per heavy atom. The van der Waals surface area contributed by atoms with Crippen molar-refractivity contribution in [2.24, 2.45) is 0 Å². The minimum atomic E-state index is -0.276. The van der Waals surface area contributed by atoms with Crippen LogP contribution in [0, 0.1) is 0 Å². The van der Waals surface area contributed by atoms with Gasteiger partial charge in [0, 0.05) is 12.5 Å². The number of likely N-dealkylation sites (N-methyl/N-ethyl adjacent to an activating group) is 1. The molecule has 0 amide bonds. The number of hydrogen-bond donors (Lipinski definition) is 1. The Bertz CT molecular complexity index is 620. The quantitative estimate of drug-likeness (QED) is 0.847. The van der Waals surface area contributed by atoms with E-state index in [1.54, 1.807) is 0 Å². The van der Waals surface area contributed by atoms with Gasteiger partial charge in [0.15, 0.2) is 11.9 Å². The van der Waals surface area contributed by atoms with Gasteiger partial charge in [0.25, 0.3) is 5.89 Å². The van der Waals surface area contributed by atoms with Crippen molar-refractivity contribution in [3.8, 4) is 5.75 Å². The second kappa shape index (κ2) is 8.49. The van der Waals surface area contributed by atoms with Crippen molar-refractivity contribution in [1.29, 1.82) is 0 Å². The summed E-state index contributed by atoms with van der Waals surface area (Å²) in [6.45, 7) is 10.6. The molecule has 0 saturated heterocycles. The van der Waals surface area contributed by atoms with E-state index in [2.05, 4.69) is 55.3 Å². The van der Waals surface area contributed by atoms with Crippen LogP contribution in [0.25, 0.3) is 0 Å². The topological polar surface area (TPSA) is 60.2 Å². The monoisotopic (exact) mass is 353 g/mol. The van der Waals surface area contributed by atoms with Crippen molar-refractivity contribution in [1.82, 2.24) is 15.5 Å². The molecule has 1 heterocycles. The SMILES string of the molecule is CNC(C)Cc1noc(C(C)Oc2ccc(C(C)(C)C)cc2)n1.Cl. The first kappa shape index (κ1) is 20.5. The van der Waals surface area contributed by atoms with E-state index >= 15 is 0 Å². The molecule has 0 radical (unpaired) electrons. The van der Waals surface area contributed by atoms with E-state index in [9.17, 15) is 0 Å². The highest BCUT2D eigenvalue weighted by Gasteiger charge is 2.18. The summed E-state index contributed by atoms with van der Waals surface area (Å²) in [7, 11) is 1.92. The second-order valence-electron chi connectivity index (χ2n) is 6.98. The van der Waals surface area contributed by atoms with Crippen LogP contribution in [0.15, 0.2) is 28.8 Å². The molecule has 0 aliphatic heterocycles. The molecule has 2 unspecified atom stereocenters. The van der Waals surface area contributed by atoms with Gasteiger partial charge in [-0.25, -0.2) is 0 Å². The number of rotatable bonds is 6. The highest BCUT2D eigenvalue weighted by Crippen LogP contribution is 2.26. The molecule has 134 valence electrons. The van der Waals surface area contributed by atoms with Crippen LogP contribution in [0.5, 0.6) is 5.75 Å². The number of hydrogen-bond acceptors (Lipinski definition) is 5. The zero-order valence-corrected chi connectivity index (χ0v) is 16.1. The standard InChI is InChI=1S/C18H27N3O2.ClH/c1-12(19-6)11-16-20-17(23-21-16)13(2)22-15-9-7-14(8-10-15)18(3,4)5;/h7-10,12-13,19H,11H2,1-6H3;1H. The molecule has 0 saturated carbocycles. The van der Waals surface area contributed by atoms with Crippen LogP contribution < -0.4 is 10.1 Å². The Labute approximate surface area is 150 Å². The average Bonchev–Trinajstić information content (AvgIpc) is 2.95. The largest absolute Gasteiger partial charge is 0.481 e. The van der Waals surface area contributed by atoms with E-state index < -0.39 is 0 Å². The summed E-state index contributed by atoms with van der Waals surface area (Å²) >= 11 is 0. The van der Waals surface area contributed by atoms with Crippen molar-refractivity contribution in [2.45, 2.75) is 58.6 Å². The van der Waals surface area contributed by atoms with Crippen molar-refractivity contribution in [3.63, 3.8) is 0 Å². The maximum Gasteiger partial charge on any atom is 0.267 e. The predicted molar refractivity (Wildman–Crippen MR) is 98.0 cm³/mol. The number of ether oxygens (including phenoxy) is 1. The van der Waals surface area contributed by atoms with Gasteiger partial charge in [-0.1, -0.05) is 38.1 Å². The summed E-state index contributed by atoms with van der Waals surface area (Å²) in [5, 5.41) is 7.16. The summed E-state index contributed by atoms with van der Waals surface area (Å²) in [6.07, 6.45) is 0.453. The highest BCUT2D eigenvalue weighted by molar-refractivity contribution is 5.85. The Kier molecular flexibility index (Phi) is 7.24. The van der Waals surface area contributed by atoms with Crippen LogP contribution in [0.3, 0.4) is 0 Å². The lowest BCUT2D eigenvalue weighted by molar-refractivity contribution is 0.175. The minimum absolute atomic E-state index is 0. The molecule has 1 N–H and O–H groups in total. The summed E-state index contributed by atoms with van der Waals surface area (Å²) in [4.78, 5) is 4.41. The lowest BCUT2D eigenvalue weighted by atomic mass is 9.87. The van der Waals surface area contributed by atoms with Crippen LogP contribution >= 0.6 is 12.4 Å². The predicted octanol–water partition coefficient (Wildman–Crippen LogP) is 4.08. The normalized spacial score (nSPS) is 13.9. The molecule has 0 fully saturated rings. The summed E-state index contributed by atoms with van der Waals surface area (Å²) in [6, 6.07) is 8.46. The van der Waals surface area contributed by atoms with E-state index in [4.69, 9.17) is 9.26 Å². The summed E-state index contributed by atoms with van der Waals surface area (Å²) in [5.41, 5.74) is 1.41. The molecule has 1 aromatic carbocycles. The van der Waals surface area contributed by atoms with E-state index in [1.807, 2.05) is 26.1 Å². The van der Waals surface area contributed by atoms with Crippen molar-refractivity contribution in [2.75, 3.05) is 7.05 Å². The molecule has 0 aliphatic rings. The number of nitrogens with zero attached hydrogens (tertiary/aromatic N) is 2. The molecule has 2 atom stereocenters. The van der Waals surface area contributed by atoms with Crippen LogP contribution in [0.2, 0.25) is 0 Å². The second-order valence-corrected chi connectivity index (χ2v) is 6.98. The first-order chi connectivity index (χ1) is 10.8. The zero-order chi connectivity index (χ0) is 17.0. The van der Waals surface area contributed by atoms with E-state index in [0.29, 0.717) is 17.8 Å². The van der Waals surface area contributed by atoms with Crippen molar-refractivity contribution >= 4 is 12.4 Å². The van der Waals surface area contributed by atoms with Crippen LogP contribution in [0.1, 0.15) is 58.0 Å². The summed E-state index contributed by atoms with van der Waals surface area (Å²) in [5.74, 6) is 2.00. The van der Waals surface area contributed by atoms with Gasteiger partial charge in [-0.05, 0) is 44.0 Å². The first-order valence-corrected chi connectivity index (χ1v) is 8.06. The molecule has 0 aliphatic carbocycles. The Morgan fingerprint density at radius 2 is 1.79 bits per heavy atom. The first-order valence-electron chi connectivity index (χ1n) is 8.06. The lowest BCUT2D eigenvalue weighted by Crippen LogP contribution is -2.24. The van der Waals surface area contributed by atoms with Gasteiger partial charge in [-0.2, -0.15) is 4.98 Å². The Hall–Kier alpha value is -1.59. The van der Waals surface area contributed by atoms with Crippen LogP contribution in [0.4, 0.5) is 0 Å². The fourth-order valence-electron chi connectivity index (χ4n) is 2.18. The maximum atomic E-state index is 5.90. The highest BCUT2D eigenvalue weighted by atomic mass is 35.5. The molecule has 6 heteroatoms. The number of halogens is 1. The Balaban J connectivity index is 0.00000288. The molecule has 5 nitrogen and oxygen atoms in total. The van der Waals surface area contributed by atoms with Crippen LogP contribution in [-0.4, -0.2) is 23.2 Å². The average molecular weight is 354 g/mol. The van der Waals surface area contributed by atoms with E-state index in [0.717, 1.165) is 12.2 Å². The third-order valence-corrected chi connectivity index (χ3v) is 3.85.